The Hall–Kier alpha value is -1.86. The van der Waals surface area contributed by atoms with E-state index in [1.165, 1.54) is 0 Å². The molecule has 1 aromatic rings. The number of carbonyl (C=O) groups is 1. The van der Waals surface area contributed by atoms with Crippen molar-refractivity contribution in [1.29, 1.82) is 5.26 Å². The van der Waals surface area contributed by atoms with Gasteiger partial charge in [-0.15, -0.1) is 0 Å². The third kappa shape index (κ3) is 2.52. The zero-order valence-corrected chi connectivity index (χ0v) is 10.2. The quantitative estimate of drug-likeness (QED) is 0.855. The fourth-order valence-corrected chi connectivity index (χ4v) is 2.34. The minimum Gasteiger partial charge on any atom is -0.396 e. The number of benzene rings is 1. The lowest BCUT2D eigenvalue weighted by Crippen LogP contribution is -2.41. The molecule has 0 aromatic heterocycles. The number of aliphatic hydroxyl groups is 1. The Labute approximate surface area is 106 Å². The van der Waals surface area contributed by atoms with Gasteiger partial charge in [-0.1, -0.05) is 12.1 Å². The number of aliphatic hydroxyl groups excluding tert-OH is 1. The van der Waals surface area contributed by atoms with Crippen LogP contribution in [0.25, 0.3) is 0 Å². The van der Waals surface area contributed by atoms with Crippen molar-refractivity contribution in [2.45, 2.75) is 12.8 Å². The van der Waals surface area contributed by atoms with E-state index >= 15 is 0 Å². The molecule has 4 heteroatoms. The SMILES string of the molecule is N#Cc1ccccc1C(=O)N1CCCC(CO)C1. The third-order valence-corrected chi connectivity index (χ3v) is 3.34. The summed E-state index contributed by atoms with van der Waals surface area (Å²) < 4.78 is 0. The van der Waals surface area contributed by atoms with E-state index in [-0.39, 0.29) is 18.4 Å². The first kappa shape index (κ1) is 12.6. The number of amides is 1. The molecule has 94 valence electrons. The first-order valence-corrected chi connectivity index (χ1v) is 6.15. The maximum absolute atomic E-state index is 12.3. The van der Waals surface area contributed by atoms with Crippen LogP contribution in [0, 0.1) is 17.2 Å². The predicted molar refractivity (Wildman–Crippen MR) is 66.9 cm³/mol. The van der Waals surface area contributed by atoms with E-state index in [1.54, 1.807) is 29.2 Å². The third-order valence-electron chi connectivity index (χ3n) is 3.34. The van der Waals surface area contributed by atoms with Gasteiger partial charge in [-0.2, -0.15) is 5.26 Å². The molecule has 1 N–H and O–H groups in total. The highest BCUT2D eigenvalue weighted by Crippen LogP contribution is 2.19. The molecule has 1 amide bonds. The van der Waals surface area contributed by atoms with Crippen molar-refractivity contribution in [2.24, 2.45) is 5.92 Å². The predicted octanol–water partition coefficient (Wildman–Crippen LogP) is 1.40. The molecule has 2 rings (SSSR count). The van der Waals surface area contributed by atoms with E-state index in [1.807, 2.05) is 6.07 Å². The van der Waals surface area contributed by atoms with E-state index in [0.717, 1.165) is 12.8 Å². The lowest BCUT2D eigenvalue weighted by molar-refractivity contribution is 0.0620. The van der Waals surface area contributed by atoms with Crippen molar-refractivity contribution in [3.63, 3.8) is 0 Å². The molecule has 1 saturated heterocycles. The van der Waals surface area contributed by atoms with Crippen LogP contribution in [0.5, 0.6) is 0 Å². The van der Waals surface area contributed by atoms with Gasteiger partial charge in [-0.25, -0.2) is 0 Å². The van der Waals surface area contributed by atoms with Gasteiger partial charge < -0.3 is 10.0 Å². The molecule has 1 aliphatic rings. The largest absolute Gasteiger partial charge is 0.396 e. The Morgan fingerprint density at radius 1 is 1.50 bits per heavy atom. The molecule has 18 heavy (non-hydrogen) atoms. The number of likely N-dealkylation sites (tertiary alicyclic amines) is 1. The van der Waals surface area contributed by atoms with Crippen LogP contribution in [0.4, 0.5) is 0 Å². The molecule has 0 bridgehead atoms. The van der Waals surface area contributed by atoms with Crippen molar-refractivity contribution >= 4 is 5.91 Å². The number of rotatable bonds is 2. The second-order valence-corrected chi connectivity index (χ2v) is 4.60. The summed E-state index contributed by atoms with van der Waals surface area (Å²) in [7, 11) is 0. The summed E-state index contributed by atoms with van der Waals surface area (Å²) >= 11 is 0. The molecule has 1 aliphatic heterocycles. The summed E-state index contributed by atoms with van der Waals surface area (Å²) in [4.78, 5) is 14.1. The monoisotopic (exact) mass is 244 g/mol. The van der Waals surface area contributed by atoms with Gasteiger partial charge in [0.2, 0.25) is 0 Å². The maximum atomic E-state index is 12.3. The minimum absolute atomic E-state index is 0.106. The highest BCUT2D eigenvalue weighted by Gasteiger charge is 2.25. The number of nitriles is 1. The Bertz CT molecular complexity index is 479. The average molecular weight is 244 g/mol. The maximum Gasteiger partial charge on any atom is 0.255 e. The van der Waals surface area contributed by atoms with Crippen LogP contribution in [0.1, 0.15) is 28.8 Å². The van der Waals surface area contributed by atoms with Crippen LogP contribution in [-0.2, 0) is 0 Å². The zero-order chi connectivity index (χ0) is 13.0. The van der Waals surface area contributed by atoms with Gasteiger partial charge in [0.05, 0.1) is 17.2 Å². The van der Waals surface area contributed by atoms with E-state index in [0.29, 0.717) is 24.2 Å². The number of piperidine rings is 1. The standard InChI is InChI=1S/C14H16N2O2/c15-8-12-5-1-2-6-13(12)14(18)16-7-3-4-11(9-16)10-17/h1-2,5-6,11,17H,3-4,7,9-10H2. The number of hydrogen-bond acceptors (Lipinski definition) is 3. The summed E-state index contributed by atoms with van der Waals surface area (Å²) in [6.07, 6.45) is 1.87. The van der Waals surface area contributed by atoms with Gasteiger partial charge in [0.25, 0.3) is 5.91 Å². The molecule has 1 fully saturated rings. The van der Waals surface area contributed by atoms with Crippen LogP contribution in [-0.4, -0.2) is 35.6 Å². The minimum atomic E-state index is -0.106. The van der Waals surface area contributed by atoms with Crippen molar-refractivity contribution in [2.75, 3.05) is 19.7 Å². The van der Waals surface area contributed by atoms with Gasteiger partial charge in [0, 0.05) is 19.7 Å². The summed E-state index contributed by atoms with van der Waals surface area (Å²) in [5, 5.41) is 18.2. The van der Waals surface area contributed by atoms with Crippen molar-refractivity contribution in [3.8, 4) is 6.07 Å². The highest BCUT2D eigenvalue weighted by atomic mass is 16.3. The molecule has 0 aliphatic carbocycles. The van der Waals surface area contributed by atoms with Gasteiger partial charge in [-0.05, 0) is 30.9 Å². The lowest BCUT2D eigenvalue weighted by atomic mass is 9.97. The van der Waals surface area contributed by atoms with Crippen LogP contribution >= 0.6 is 0 Å². The molecular weight excluding hydrogens is 228 g/mol. The fourth-order valence-electron chi connectivity index (χ4n) is 2.34. The summed E-state index contributed by atoms with van der Waals surface area (Å²) in [5.41, 5.74) is 0.868. The van der Waals surface area contributed by atoms with Crippen LogP contribution in [0.15, 0.2) is 24.3 Å². The number of hydrogen-bond donors (Lipinski definition) is 1. The number of carbonyl (C=O) groups excluding carboxylic acids is 1. The first-order valence-electron chi connectivity index (χ1n) is 6.15. The second-order valence-electron chi connectivity index (χ2n) is 4.60. The Morgan fingerprint density at radius 2 is 2.28 bits per heavy atom. The van der Waals surface area contributed by atoms with Crippen LogP contribution < -0.4 is 0 Å². The molecule has 0 radical (unpaired) electrons. The molecule has 1 atom stereocenters. The molecular formula is C14H16N2O2. The topological polar surface area (TPSA) is 64.3 Å². The summed E-state index contributed by atoms with van der Waals surface area (Å²) in [6, 6.07) is 8.90. The summed E-state index contributed by atoms with van der Waals surface area (Å²) in [6.45, 7) is 1.40. The normalized spacial score (nSPS) is 19.3. The Morgan fingerprint density at radius 3 is 3.00 bits per heavy atom. The van der Waals surface area contributed by atoms with Crippen molar-refractivity contribution in [1.82, 2.24) is 4.90 Å². The van der Waals surface area contributed by atoms with E-state index in [9.17, 15) is 9.90 Å². The van der Waals surface area contributed by atoms with Crippen molar-refractivity contribution < 1.29 is 9.90 Å². The van der Waals surface area contributed by atoms with Gasteiger partial charge >= 0.3 is 0 Å². The van der Waals surface area contributed by atoms with Gasteiger partial charge in [-0.3, -0.25) is 4.79 Å². The molecule has 4 nitrogen and oxygen atoms in total. The second kappa shape index (κ2) is 5.65. The summed E-state index contributed by atoms with van der Waals surface area (Å²) in [5.74, 6) is 0.0576. The van der Waals surface area contributed by atoms with Crippen molar-refractivity contribution in [3.05, 3.63) is 35.4 Å². The zero-order valence-electron chi connectivity index (χ0n) is 10.2. The van der Waals surface area contributed by atoms with Gasteiger partial charge in [0.15, 0.2) is 0 Å². The smallest absolute Gasteiger partial charge is 0.255 e. The Kier molecular flexibility index (Phi) is 3.96. The van der Waals surface area contributed by atoms with E-state index in [4.69, 9.17) is 5.26 Å². The number of nitrogens with zero attached hydrogens (tertiary/aromatic N) is 2. The van der Waals surface area contributed by atoms with E-state index in [2.05, 4.69) is 0 Å². The van der Waals surface area contributed by atoms with Crippen LogP contribution in [0.2, 0.25) is 0 Å². The van der Waals surface area contributed by atoms with E-state index < -0.39 is 0 Å². The Balaban J connectivity index is 2.18. The highest BCUT2D eigenvalue weighted by molar-refractivity contribution is 5.96. The molecule has 1 aromatic carbocycles. The molecule has 1 unspecified atom stereocenters. The first-order chi connectivity index (χ1) is 8.76. The molecule has 0 spiro atoms. The molecule has 1 heterocycles. The van der Waals surface area contributed by atoms with Crippen LogP contribution in [0.3, 0.4) is 0 Å². The average Bonchev–Trinajstić information content (AvgIpc) is 2.46. The van der Waals surface area contributed by atoms with Gasteiger partial charge in [0.1, 0.15) is 0 Å². The fraction of sp³-hybridized carbons (Fsp3) is 0.429. The lowest BCUT2D eigenvalue weighted by Gasteiger charge is -2.32. The molecule has 0 saturated carbocycles.